The molecule has 1 fully saturated rings. The molecular formula is C13H20O5. The second-order valence-electron chi connectivity index (χ2n) is 4.52. The number of esters is 1. The van der Waals surface area contributed by atoms with Gasteiger partial charge in [-0.2, -0.15) is 0 Å². The smallest absolute Gasteiger partial charge is 0.324 e. The molecule has 0 saturated carbocycles. The number of hydrogen-bond acceptors (Lipinski definition) is 5. The van der Waals surface area contributed by atoms with Gasteiger partial charge in [0.2, 0.25) is 0 Å². The summed E-state index contributed by atoms with van der Waals surface area (Å²) in [4.78, 5) is 35.0. The summed E-state index contributed by atoms with van der Waals surface area (Å²) in [6, 6.07) is 0. The zero-order chi connectivity index (χ0) is 13.5. The van der Waals surface area contributed by atoms with Crippen LogP contribution in [0.4, 0.5) is 0 Å². The average Bonchev–Trinajstić information content (AvgIpc) is 2.30. The van der Waals surface area contributed by atoms with Gasteiger partial charge in [0, 0.05) is 19.6 Å². The molecule has 0 amide bonds. The van der Waals surface area contributed by atoms with Crippen LogP contribution >= 0.6 is 0 Å². The number of carbonyl (C=O) groups excluding carboxylic acids is 3. The van der Waals surface area contributed by atoms with Crippen molar-refractivity contribution < 1.29 is 23.9 Å². The Morgan fingerprint density at radius 1 is 1.28 bits per heavy atom. The molecule has 0 radical (unpaired) electrons. The number of Topliss-reactive ketones (excluding diaryl/α,β-unsaturated/α-hetero) is 2. The van der Waals surface area contributed by atoms with E-state index >= 15 is 0 Å². The standard InChI is InChI=1S/C13H20O5/c1-3-18-13(16)12(9(2)14)11(15)8-10-4-6-17-7-5-10/h10,12H,3-8H2,1-2H3. The highest BCUT2D eigenvalue weighted by molar-refractivity contribution is 6.16. The van der Waals surface area contributed by atoms with Crippen LogP contribution in [0.25, 0.3) is 0 Å². The van der Waals surface area contributed by atoms with Crippen LogP contribution in [-0.4, -0.2) is 37.4 Å². The van der Waals surface area contributed by atoms with E-state index in [2.05, 4.69) is 0 Å². The lowest BCUT2D eigenvalue weighted by molar-refractivity contribution is -0.154. The van der Waals surface area contributed by atoms with Gasteiger partial charge in [-0.15, -0.1) is 0 Å². The summed E-state index contributed by atoms with van der Waals surface area (Å²) in [5.41, 5.74) is 0. The molecule has 102 valence electrons. The first kappa shape index (κ1) is 14.8. The van der Waals surface area contributed by atoms with Gasteiger partial charge in [-0.1, -0.05) is 0 Å². The van der Waals surface area contributed by atoms with Crippen LogP contribution in [0.3, 0.4) is 0 Å². The molecule has 1 atom stereocenters. The number of rotatable bonds is 6. The van der Waals surface area contributed by atoms with E-state index in [-0.39, 0.29) is 24.7 Å². The molecule has 0 aromatic heterocycles. The van der Waals surface area contributed by atoms with Gasteiger partial charge in [0.05, 0.1) is 6.61 Å². The Morgan fingerprint density at radius 3 is 2.39 bits per heavy atom. The molecule has 1 saturated heterocycles. The van der Waals surface area contributed by atoms with Gasteiger partial charge >= 0.3 is 5.97 Å². The maximum absolute atomic E-state index is 12.0. The molecule has 0 spiro atoms. The maximum Gasteiger partial charge on any atom is 0.324 e. The molecule has 5 nitrogen and oxygen atoms in total. The Labute approximate surface area is 107 Å². The summed E-state index contributed by atoms with van der Waals surface area (Å²) in [6.45, 7) is 4.36. The predicted molar refractivity (Wildman–Crippen MR) is 64.0 cm³/mol. The van der Waals surface area contributed by atoms with Gasteiger partial charge in [0.1, 0.15) is 0 Å². The van der Waals surface area contributed by atoms with Crippen molar-refractivity contribution in [1.29, 1.82) is 0 Å². The second-order valence-corrected chi connectivity index (χ2v) is 4.52. The van der Waals surface area contributed by atoms with Gasteiger partial charge in [0.25, 0.3) is 0 Å². The Bertz CT molecular complexity index is 317. The number of carbonyl (C=O) groups is 3. The highest BCUT2D eigenvalue weighted by Gasteiger charge is 2.33. The molecule has 1 unspecified atom stereocenters. The van der Waals surface area contributed by atoms with Gasteiger partial charge in [-0.05, 0) is 32.6 Å². The third kappa shape index (κ3) is 4.22. The van der Waals surface area contributed by atoms with Crippen LogP contribution in [0.5, 0.6) is 0 Å². The number of ether oxygens (including phenoxy) is 2. The van der Waals surface area contributed by atoms with Gasteiger partial charge in [0.15, 0.2) is 17.5 Å². The molecular weight excluding hydrogens is 236 g/mol. The SMILES string of the molecule is CCOC(=O)C(C(C)=O)C(=O)CC1CCOCC1. The Hall–Kier alpha value is -1.23. The van der Waals surface area contributed by atoms with Crippen molar-refractivity contribution in [1.82, 2.24) is 0 Å². The normalized spacial score (nSPS) is 18.1. The lowest BCUT2D eigenvalue weighted by Crippen LogP contribution is -2.34. The van der Waals surface area contributed by atoms with E-state index in [0.717, 1.165) is 12.8 Å². The first-order valence-electron chi connectivity index (χ1n) is 6.33. The van der Waals surface area contributed by atoms with Crippen LogP contribution < -0.4 is 0 Å². The van der Waals surface area contributed by atoms with Crippen molar-refractivity contribution in [2.45, 2.75) is 33.1 Å². The predicted octanol–water partition coefficient (Wildman–Crippen LogP) is 1.14. The summed E-state index contributed by atoms with van der Waals surface area (Å²) in [6.07, 6.45) is 1.87. The fourth-order valence-electron chi connectivity index (χ4n) is 2.10. The van der Waals surface area contributed by atoms with E-state index in [1.54, 1.807) is 6.92 Å². The first-order chi connectivity index (χ1) is 8.56. The van der Waals surface area contributed by atoms with Gasteiger partial charge in [-0.3, -0.25) is 14.4 Å². The molecule has 0 aliphatic carbocycles. The highest BCUT2D eigenvalue weighted by Crippen LogP contribution is 2.21. The van der Waals surface area contributed by atoms with Crippen LogP contribution in [0, 0.1) is 11.8 Å². The van der Waals surface area contributed by atoms with Crippen LogP contribution in [-0.2, 0) is 23.9 Å². The molecule has 0 aromatic carbocycles. The second kappa shape index (κ2) is 7.26. The molecule has 1 rings (SSSR count). The summed E-state index contributed by atoms with van der Waals surface area (Å²) in [7, 11) is 0. The van der Waals surface area contributed by atoms with E-state index in [1.807, 2.05) is 0 Å². The third-order valence-electron chi connectivity index (χ3n) is 3.08. The molecule has 1 aliphatic heterocycles. The van der Waals surface area contributed by atoms with Gasteiger partial charge in [-0.25, -0.2) is 0 Å². The Balaban J connectivity index is 2.58. The lowest BCUT2D eigenvalue weighted by Gasteiger charge is -2.22. The number of hydrogen-bond donors (Lipinski definition) is 0. The molecule has 0 aromatic rings. The third-order valence-corrected chi connectivity index (χ3v) is 3.08. The van der Waals surface area contributed by atoms with Crippen molar-refractivity contribution in [3.63, 3.8) is 0 Å². The van der Waals surface area contributed by atoms with E-state index in [9.17, 15) is 14.4 Å². The van der Waals surface area contributed by atoms with E-state index < -0.39 is 17.7 Å². The van der Waals surface area contributed by atoms with E-state index in [0.29, 0.717) is 13.2 Å². The summed E-state index contributed by atoms with van der Waals surface area (Å²) >= 11 is 0. The minimum atomic E-state index is -1.24. The maximum atomic E-state index is 12.0. The van der Waals surface area contributed by atoms with Crippen LogP contribution in [0.2, 0.25) is 0 Å². The molecule has 1 aliphatic rings. The summed E-state index contributed by atoms with van der Waals surface area (Å²) in [5.74, 6) is -2.52. The zero-order valence-electron chi connectivity index (χ0n) is 10.9. The first-order valence-corrected chi connectivity index (χ1v) is 6.33. The van der Waals surface area contributed by atoms with Crippen molar-refractivity contribution in [3.05, 3.63) is 0 Å². The van der Waals surface area contributed by atoms with Crippen molar-refractivity contribution in [2.75, 3.05) is 19.8 Å². The topological polar surface area (TPSA) is 69.7 Å². The van der Waals surface area contributed by atoms with Crippen molar-refractivity contribution in [2.24, 2.45) is 11.8 Å². The van der Waals surface area contributed by atoms with Crippen LogP contribution in [0.1, 0.15) is 33.1 Å². The largest absolute Gasteiger partial charge is 0.465 e. The average molecular weight is 256 g/mol. The van der Waals surface area contributed by atoms with Gasteiger partial charge < -0.3 is 9.47 Å². The molecule has 0 bridgehead atoms. The lowest BCUT2D eigenvalue weighted by atomic mass is 9.88. The van der Waals surface area contributed by atoms with Crippen LogP contribution in [0.15, 0.2) is 0 Å². The summed E-state index contributed by atoms with van der Waals surface area (Å²) in [5, 5.41) is 0. The monoisotopic (exact) mass is 256 g/mol. The molecule has 18 heavy (non-hydrogen) atoms. The minimum absolute atomic E-state index is 0.174. The zero-order valence-corrected chi connectivity index (χ0v) is 10.9. The highest BCUT2D eigenvalue weighted by atomic mass is 16.5. The number of ketones is 2. The Kier molecular flexibility index (Phi) is 5.98. The molecule has 1 heterocycles. The fraction of sp³-hybridized carbons (Fsp3) is 0.769. The van der Waals surface area contributed by atoms with Crippen molar-refractivity contribution in [3.8, 4) is 0 Å². The molecule has 0 N–H and O–H groups in total. The quantitative estimate of drug-likeness (QED) is 0.526. The van der Waals surface area contributed by atoms with E-state index in [1.165, 1.54) is 6.92 Å². The Morgan fingerprint density at radius 2 is 1.89 bits per heavy atom. The molecule has 5 heteroatoms. The van der Waals surface area contributed by atoms with E-state index in [4.69, 9.17) is 9.47 Å². The van der Waals surface area contributed by atoms with Crippen molar-refractivity contribution >= 4 is 17.5 Å². The minimum Gasteiger partial charge on any atom is -0.465 e. The summed E-state index contributed by atoms with van der Waals surface area (Å²) < 4.78 is 9.98. The fourth-order valence-corrected chi connectivity index (χ4v) is 2.10.